The zero-order valence-electron chi connectivity index (χ0n) is 13.9. The number of carbonyl (C=O) groups is 2. The van der Waals surface area contributed by atoms with E-state index < -0.39 is 23.8 Å². The summed E-state index contributed by atoms with van der Waals surface area (Å²) in [6.07, 6.45) is 1.65. The van der Waals surface area contributed by atoms with Gasteiger partial charge < -0.3 is 19.5 Å². The quantitative estimate of drug-likeness (QED) is 0.657. The molecule has 2 aromatic carbocycles. The van der Waals surface area contributed by atoms with Gasteiger partial charge in [-0.1, -0.05) is 18.2 Å². The molecule has 1 heterocycles. The van der Waals surface area contributed by atoms with Crippen LogP contribution in [0.2, 0.25) is 0 Å². The molecule has 0 saturated carbocycles. The van der Waals surface area contributed by atoms with Crippen molar-refractivity contribution < 1.29 is 28.2 Å². The van der Waals surface area contributed by atoms with E-state index in [9.17, 15) is 14.0 Å². The van der Waals surface area contributed by atoms with E-state index in [0.717, 1.165) is 5.56 Å². The van der Waals surface area contributed by atoms with Gasteiger partial charge in [-0.05, 0) is 42.8 Å². The maximum atomic E-state index is 13.5. The summed E-state index contributed by atoms with van der Waals surface area (Å²) < 4.78 is 29.0. The molecule has 1 aliphatic heterocycles. The molecule has 134 valence electrons. The van der Waals surface area contributed by atoms with Gasteiger partial charge in [0.15, 0.2) is 17.6 Å². The summed E-state index contributed by atoms with van der Waals surface area (Å²) in [6, 6.07) is 10.9. The number of anilines is 1. The summed E-state index contributed by atoms with van der Waals surface area (Å²) in [5.41, 5.74) is 0.742. The molecular formula is C19H16FNO5. The highest BCUT2D eigenvalue weighted by atomic mass is 19.1. The molecule has 0 aliphatic carbocycles. The third-order valence-electron chi connectivity index (χ3n) is 3.60. The molecule has 0 saturated heterocycles. The van der Waals surface area contributed by atoms with Crippen molar-refractivity contribution in [2.75, 3.05) is 12.1 Å². The first-order valence-corrected chi connectivity index (χ1v) is 7.86. The summed E-state index contributed by atoms with van der Waals surface area (Å²) in [5, 5.41) is 2.37. The smallest absolute Gasteiger partial charge is 0.331 e. The summed E-state index contributed by atoms with van der Waals surface area (Å²) in [4.78, 5) is 23.9. The van der Waals surface area contributed by atoms with Crippen LogP contribution in [0.1, 0.15) is 12.5 Å². The van der Waals surface area contributed by atoms with E-state index in [1.807, 2.05) is 0 Å². The second-order valence-corrected chi connectivity index (χ2v) is 5.49. The first kappa shape index (κ1) is 17.5. The predicted molar refractivity (Wildman–Crippen MR) is 92.2 cm³/mol. The highest BCUT2D eigenvalue weighted by Gasteiger charge is 2.18. The topological polar surface area (TPSA) is 73.9 Å². The van der Waals surface area contributed by atoms with Crippen molar-refractivity contribution in [3.63, 3.8) is 0 Å². The summed E-state index contributed by atoms with van der Waals surface area (Å²) in [7, 11) is 0. The Morgan fingerprint density at radius 1 is 1.19 bits per heavy atom. The number of benzene rings is 2. The van der Waals surface area contributed by atoms with Gasteiger partial charge in [-0.25, -0.2) is 9.18 Å². The van der Waals surface area contributed by atoms with Crippen LogP contribution >= 0.6 is 0 Å². The van der Waals surface area contributed by atoms with Crippen molar-refractivity contribution in [2.24, 2.45) is 0 Å². The molecule has 7 heteroatoms. The van der Waals surface area contributed by atoms with Gasteiger partial charge >= 0.3 is 5.97 Å². The first-order valence-electron chi connectivity index (χ1n) is 7.86. The van der Waals surface area contributed by atoms with Crippen molar-refractivity contribution in [3.8, 4) is 11.5 Å². The molecule has 1 amide bonds. The molecular weight excluding hydrogens is 341 g/mol. The number of ether oxygens (including phenoxy) is 3. The summed E-state index contributed by atoms with van der Waals surface area (Å²) >= 11 is 0. The molecule has 1 N–H and O–H groups in total. The van der Waals surface area contributed by atoms with Gasteiger partial charge in [0.05, 0.1) is 5.69 Å². The van der Waals surface area contributed by atoms with Crippen LogP contribution < -0.4 is 14.8 Å². The van der Waals surface area contributed by atoms with E-state index in [0.29, 0.717) is 11.5 Å². The van der Waals surface area contributed by atoms with Crippen LogP contribution in [0, 0.1) is 5.82 Å². The lowest BCUT2D eigenvalue weighted by molar-refractivity contribution is -0.148. The molecule has 1 aliphatic rings. The minimum atomic E-state index is -1.08. The van der Waals surface area contributed by atoms with Crippen LogP contribution in [0.15, 0.2) is 48.5 Å². The zero-order chi connectivity index (χ0) is 18.5. The van der Waals surface area contributed by atoms with Gasteiger partial charge in [-0.15, -0.1) is 0 Å². The molecule has 0 unspecified atom stereocenters. The van der Waals surface area contributed by atoms with Gasteiger partial charge in [0.2, 0.25) is 6.79 Å². The molecule has 6 nitrogen and oxygen atoms in total. The average molecular weight is 357 g/mol. The molecule has 0 bridgehead atoms. The Morgan fingerprint density at radius 3 is 2.77 bits per heavy atom. The monoisotopic (exact) mass is 357 g/mol. The number of hydrogen-bond acceptors (Lipinski definition) is 5. The summed E-state index contributed by atoms with van der Waals surface area (Å²) in [6.45, 7) is 1.57. The third kappa shape index (κ3) is 4.18. The van der Waals surface area contributed by atoms with Crippen LogP contribution in [-0.4, -0.2) is 24.8 Å². The van der Waals surface area contributed by atoms with Gasteiger partial charge in [0.25, 0.3) is 5.91 Å². The first-order chi connectivity index (χ1) is 12.5. The Labute approximate surface area is 149 Å². The highest BCUT2D eigenvalue weighted by Crippen LogP contribution is 2.32. The van der Waals surface area contributed by atoms with Crippen LogP contribution in [0.25, 0.3) is 6.08 Å². The Balaban J connectivity index is 1.55. The van der Waals surface area contributed by atoms with Gasteiger partial charge in [0, 0.05) is 6.08 Å². The normalized spacial score (nSPS) is 13.5. The lowest BCUT2D eigenvalue weighted by Gasteiger charge is -2.12. The van der Waals surface area contributed by atoms with Crippen molar-refractivity contribution in [3.05, 3.63) is 59.9 Å². The fourth-order valence-corrected chi connectivity index (χ4v) is 2.25. The van der Waals surface area contributed by atoms with Crippen molar-refractivity contribution in [1.82, 2.24) is 0 Å². The van der Waals surface area contributed by atoms with E-state index in [4.69, 9.17) is 14.2 Å². The van der Waals surface area contributed by atoms with E-state index in [1.165, 1.54) is 37.3 Å². The molecule has 2 aromatic rings. The number of esters is 1. The average Bonchev–Trinajstić information content (AvgIpc) is 3.09. The SMILES string of the molecule is C[C@H](OC(=O)/C=C/c1ccc2c(c1)OCO2)C(=O)Nc1ccccc1F. The number of fused-ring (bicyclic) bond motifs is 1. The maximum absolute atomic E-state index is 13.5. The second-order valence-electron chi connectivity index (χ2n) is 5.49. The molecule has 0 radical (unpaired) electrons. The van der Waals surface area contributed by atoms with Crippen molar-refractivity contribution in [2.45, 2.75) is 13.0 Å². The highest BCUT2D eigenvalue weighted by molar-refractivity contribution is 5.96. The van der Waals surface area contributed by atoms with Crippen LogP contribution in [-0.2, 0) is 14.3 Å². The number of para-hydroxylation sites is 1. The number of amides is 1. The predicted octanol–water partition coefficient (Wildman–Crippen LogP) is 3.14. The fraction of sp³-hybridized carbons (Fsp3) is 0.158. The maximum Gasteiger partial charge on any atom is 0.331 e. The lowest BCUT2D eigenvalue weighted by atomic mass is 10.2. The van der Waals surface area contributed by atoms with Crippen LogP contribution in [0.5, 0.6) is 11.5 Å². The zero-order valence-corrected chi connectivity index (χ0v) is 13.9. The van der Waals surface area contributed by atoms with Crippen LogP contribution in [0.4, 0.5) is 10.1 Å². The Kier molecular flexibility index (Phi) is 5.17. The molecule has 1 atom stereocenters. The lowest BCUT2D eigenvalue weighted by Crippen LogP contribution is -2.29. The minimum Gasteiger partial charge on any atom is -0.454 e. The van der Waals surface area contributed by atoms with Gasteiger partial charge in [-0.3, -0.25) is 4.79 Å². The van der Waals surface area contributed by atoms with Gasteiger partial charge in [-0.2, -0.15) is 0 Å². The van der Waals surface area contributed by atoms with E-state index in [1.54, 1.807) is 24.3 Å². The standard InChI is InChI=1S/C19H16FNO5/c1-12(19(23)21-15-5-3-2-4-14(15)20)26-18(22)9-7-13-6-8-16-17(10-13)25-11-24-16/h2-10,12H,11H2,1H3,(H,21,23)/b9-7+/t12-/m0/s1. The number of carbonyl (C=O) groups excluding carboxylic acids is 2. The number of hydrogen-bond donors (Lipinski definition) is 1. The molecule has 0 aromatic heterocycles. The fourth-order valence-electron chi connectivity index (χ4n) is 2.25. The van der Waals surface area contributed by atoms with E-state index in [2.05, 4.69) is 5.32 Å². The Morgan fingerprint density at radius 2 is 1.96 bits per heavy atom. The Hall–Kier alpha value is -3.35. The van der Waals surface area contributed by atoms with Crippen LogP contribution in [0.3, 0.4) is 0 Å². The van der Waals surface area contributed by atoms with Gasteiger partial charge in [0.1, 0.15) is 5.82 Å². The molecule has 0 spiro atoms. The van der Waals surface area contributed by atoms with Crippen molar-refractivity contribution in [1.29, 1.82) is 0 Å². The molecule has 0 fully saturated rings. The summed E-state index contributed by atoms with van der Waals surface area (Å²) in [5.74, 6) is -0.651. The van der Waals surface area contributed by atoms with E-state index >= 15 is 0 Å². The molecule has 3 rings (SSSR count). The van der Waals surface area contributed by atoms with E-state index in [-0.39, 0.29) is 12.5 Å². The number of rotatable bonds is 5. The third-order valence-corrected chi connectivity index (χ3v) is 3.60. The number of nitrogens with one attached hydrogen (secondary N) is 1. The minimum absolute atomic E-state index is 0.0244. The second kappa shape index (κ2) is 7.69. The largest absolute Gasteiger partial charge is 0.454 e. The Bertz CT molecular complexity index is 865. The van der Waals surface area contributed by atoms with Crippen molar-refractivity contribution >= 4 is 23.6 Å². The number of halogens is 1. The molecule has 26 heavy (non-hydrogen) atoms.